The van der Waals surface area contributed by atoms with E-state index in [0.29, 0.717) is 57.4 Å². The van der Waals surface area contributed by atoms with Gasteiger partial charge in [0.25, 0.3) is 0 Å². The Morgan fingerprint density at radius 1 is 0.521 bits per heavy atom. The zero-order valence-corrected chi connectivity index (χ0v) is 47.6. The molecule has 0 aromatic heterocycles. The maximum absolute atomic E-state index is 12.7. The highest BCUT2D eigenvalue weighted by Gasteiger charge is 2.33. The third-order valence-electron chi connectivity index (χ3n) is 12.6. The molecule has 3 saturated heterocycles. The number of carbonyl (C=O) groups excluding carboxylic acids is 5. The fraction of sp³-hybridized carbons (Fsp3) is 0.596. The summed E-state index contributed by atoms with van der Waals surface area (Å²) in [7, 11) is 3.07. The summed E-state index contributed by atoms with van der Waals surface area (Å²) in [6, 6.07) is 22.1. The van der Waals surface area contributed by atoms with Gasteiger partial charge in [-0.1, -0.05) is 76.6 Å². The van der Waals surface area contributed by atoms with E-state index in [1.807, 2.05) is 90.1 Å². The van der Waals surface area contributed by atoms with Gasteiger partial charge in [0, 0.05) is 66.6 Å². The summed E-state index contributed by atoms with van der Waals surface area (Å²) in [6.45, 7) is 25.6. The van der Waals surface area contributed by atoms with Crippen LogP contribution in [0.1, 0.15) is 159 Å². The number of halogens is 1. The van der Waals surface area contributed by atoms with Gasteiger partial charge in [0.2, 0.25) is 5.91 Å². The number of piperidine rings is 3. The van der Waals surface area contributed by atoms with Gasteiger partial charge >= 0.3 is 12.2 Å². The number of aliphatic hydroxyl groups is 3. The standard InChI is InChI=1S/C20H29NO4.C15H21NO2.C13H24N2O4.C9H11BrO/c1-19(2,3)25-18(23)21-12-10-15(11-13-21)17(22)14-6-8-16(9-7-14)20(4,5)24;1-15(2,18)13-5-3-11(4-6-13)14(17)12-7-9-16-10-8-12;1-13(2,3)19-12(17)15-8-6-10(7-9-15)11(16)14(4)18-5;1-9(2,11)7-3-5-8(10)6-4-7/h6-9,15,24H,10-13H2,1-5H3;3-6,12,16,18H,7-10H2,1-2H3;10H,6-9H2,1-5H3;3-6,11H,1-2H3. The van der Waals surface area contributed by atoms with Crippen LogP contribution in [0.25, 0.3) is 0 Å². The van der Waals surface area contributed by atoms with E-state index in [1.165, 1.54) is 12.2 Å². The Labute approximate surface area is 443 Å². The molecule has 15 nitrogen and oxygen atoms in total. The fourth-order valence-electron chi connectivity index (χ4n) is 8.13. The van der Waals surface area contributed by atoms with E-state index in [4.69, 9.17) is 14.3 Å². The predicted octanol–water partition coefficient (Wildman–Crippen LogP) is 10.2. The van der Waals surface area contributed by atoms with Gasteiger partial charge in [-0.2, -0.15) is 0 Å². The Balaban J connectivity index is 0.000000266. The van der Waals surface area contributed by atoms with Crippen LogP contribution in [0.4, 0.5) is 9.59 Å². The summed E-state index contributed by atoms with van der Waals surface area (Å²) in [5, 5.41) is 33.9. The van der Waals surface area contributed by atoms with Crippen molar-refractivity contribution in [1.82, 2.24) is 20.2 Å². The van der Waals surface area contributed by atoms with Crippen LogP contribution in [0, 0.1) is 17.8 Å². The average molecular weight is 1080 g/mol. The predicted molar refractivity (Wildman–Crippen MR) is 288 cm³/mol. The molecule has 0 bridgehead atoms. The first-order valence-electron chi connectivity index (χ1n) is 25.4. The molecule has 406 valence electrons. The molecule has 3 fully saturated rings. The summed E-state index contributed by atoms with van der Waals surface area (Å²) in [4.78, 5) is 69.0. The molecule has 6 rings (SSSR count). The molecule has 73 heavy (non-hydrogen) atoms. The van der Waals surface area contributed by atoms with Crippen LogP contribution in [0.5, 0.6) is 0 Å². The van der Waals surface area contributed by atoms with Crippen molar-refractivity contribution in [3.8, 4) is 0 Å². The number of hydroxylamine groups is 2. The highest BCUT2D eigenvalue weighted by Crippen LogP contribution is 2.27. The minimum Gasteiger partial charge on any atom is -0.444 e. The second kappa shape index (κ2) is 27.2. The number of Topliss-reactive ketones (excluding diaryl/α,β-unsaturated/α-hetero) is 2. The van der Waals surface area contributed by atoms with Crippen molar-refractivity contribution in [2.45, 2.75) is 150 Å². The molecule has 3 aromatic carbocycles. The summed E-state index contributed by atoms with van der Waals surface area (Å²) < 4.78 is 11.7. The van der Waals surface area contributed by atoms with E-state index in [0.717, 1.165) is 52.7 Å². The molecule has 3 aliphatic heterocycles. The largest absolute Gasteiger partial charge is 0.444 e. The van der Waals surface area contributed by atoms with Crippen molar-refractivity contribution >= 4 is 45.6 Å². The monoisotopic (exact) mass is 1080 g/mol. The minimum atomic E-state index is -0.916. The normalized spacial score (nSPS) is 16.3. The molecule has 0 atom stereocenters. The lowest BCUT2D eigenvalue weighted by Gasteiger charge is -2.33. The van der Waals surface area contributed by atoms with Crippen LogP contribution in [-0.4, -0.2) is 124 Å². The number of amides is 3. The van der Waals surface area contributed by atoms with E-state index in [-0.39, 0.29) is 47.4 Å². The van der Waals surface area contributed by atoms with Crippen LogP contribution in [0.15, 0.2) is 77.3 Å². The molecule has 3 aliphatic rings. The number of ketones is 2. The third-order valence-corrected chi connectivity index (χ3v) is 13.1. The molecule has 3 heterocycles. The average Bonchev–Trinajstić information content (AvgIpc) is 3.32. The summed E-state index contributed by atoms with van der Waals surface area (Å²) in [6.07, 6.45) is 3.80. The van der Waals surface area contributed by atoms with Crippen molar-refractivity contribution < 1.29 is 53.6 Å². The van der Waals surface area contributed by atoms with Crippen LogP contribution in [-0.2, 0) is 35.9 Å². The van der Waals surface area contributed by atoms with E-state index in [9.17, 15) is 39.3 Å². The van der Waals surface area contributed by atoms with Crippen molar-refractivity contribution in [2.24, 2.45) is 17.8 Å². The molecule has 0 aliphatic carbocycles. The number of nitrogens with zero attached hydrogens (tertiary/aromatic N) is 3. The highest BCUT2D eigenvalue weighted by atomic mass is 79.9. The van der Waals surface area contributed by atoms with Crippen molar-refractivity contribution in [1.29, 1.82) is 0 Å². The van der Waals surface area contributed by atoms with E-state index >= 15 is 0 Å². The summed E-state index contributed by atoms with van der Waals surface area (Å²) >= 11 is 3.33. The Bertz CT molecular complexity index is 2210. The van der Waals surface area contributed by atoms with Gasteiger partial charge in [-0.3, -0.25) is 19.2 Å². The zero-order valence-electron chi connectivity index (χ0n) is 46.0. The van der Waals surface area contributed by atoms with Gasteiger partial charge in [-0.15, -0.1) is 0 Å². The van der Waals surface area contributed by atoms with Gasteiger partial charge in [-0.25, -0.2) is 14.7 Å². The second-order valence-electron chi connectivity index (χ2n) is 22.6. The molecular weight excluding hydrogens is 997 g/mol. The Morgan fingerprint density at radius 3 is 1.12 bits per heavy atom. The first-order valence-corrected chi connectivity index (χ1v) is 26.2. The Hall–Kier alpha value is -4.71. The first-order chi connectivity index (χ1) is 33.7. The minimum absolute atomic E-state index is 0.0358. The number of ether oxygens (including phenoxy) is 2. The van der Waals surface area contributed by atoms with Gasteiger partial charge in [-0.05, 0) is 164 Å². The quantitative estimate of drug-likeness (QED) is 0.117. The number of carbonyl (C=O) groups is 5. The van der Waals surface area contributed by atoms with Crippen LogP contribution in [0.3, 0.4) is 0 Å². The lowest BCUT2D eigenvalue weighted by molar-refractivity contribution is -0.174. The summed E-state index contributed by atoms with van der Waals surface area (Å²) in [5.41, 5.74) is 0.469. The highest BCUT2D eigenvalue weighted by molar-refractivity contribution is 9.10. The molecular formula is C57H85BrN4O11. The molecule has 0 saturated carbocycles. The third kappa shape index (κ3) is 21.6. The fourth-order valence-corrected chi connectivity index (χ4v) is 8.40. The van der Waals surface area contributed by atoms with E-state index in [1.54, 1.807) is 82.7 Å². The molecule has 3 amide bonds. The topological polar surface area (TPSA) is 195 Å². The number of nitrogens with one attached hydrogen (secondary N) is 1. The van der Waals surface area contributed by atoms with Gasteiger partial charge < -0.3 is 39.9 Å². The molecule has 16 heteroatoms. The number of hydrogen-bond donors (Lipinski definition) is 4. The molecule has 0 radical (unpaired) electrons. The molecule has 0 spiro atoms. The van der Waals surface area contributed by atoms with Crippen LogP contribution in [0.2, 0.25) is 0 Å². The number of rotatable bonds is 9. The van der Waals surface area contributed by atoms with E-state index < -0.39 is 28.0 Å². The maximum atomic E-state index is 12.7. The maximum Gasteiger partial charge on any atom is 0.410 e. The van der Waals surface area contributed by atoms with Gasteiger partial charge in [0.1, 0.15) is 11.2 Å². The lowest BCUT2D eigenvalue weighted by Crippen LogP contribution is -2.45. The van der Waals surface area contributed by atoms with Crippen molar-refractivity contribution in [3.05, 3.63) is 105 Å². The second-order valence-corrected chi connectivity index (χ2v) is 23.5. The lowest BCUT2D eigenvalue weighted by atomic mass is 9.88. The Morgan fingerprint density at radius 2 is 0.822 bits per heavy atom. The zero-order chi connectivity index (χ0) is 55.1. The van der Waals surface area contributed by atoms with Gasteiger partial charge in [0.15, 0.2) is 11.6 Å². The van der Waals surface area contributed by atoms with Crippen molar-refractivity contribution in [2.75, 3.05) is 53.4 Å². The van der Waals surface area contributed by atoms with Crippen molar-refractivity contribution in [3.63, 3.8) is 0 Å². The first kappa shape index (κ1) is 62.6. The van der Waals surface area contributed by atoms with Crippen LogP contribution < -0.4 is 5.32 Å². The SMILES string of the molecule is CC(C)(C)OC(=O)N1CCC(C(=O)c2ccc(C(C)(C)O)cc2)CC1.CC(C)(O)c1ccc(Br)cc1.CC(C)(O)c1ccc(C(=O)C2CCNCC2)cc1.CON(C)C(=O)C1CCN(C(=O)OC(C)(C)C)CC1. The van der Waals surface area contributed by atoms with Gasteiger partial charge in [0.05, 0.1) is 23.9 Å². The molecule has 4 N–H and O–H groups in total. The smallest absolute Gasteiger partial charge is 0.410 e. The number of benzene rings is 3. The molecule has 3 aromatic rings. The molecule has 0 unspecified atom stereocenters. The number of hydrogen-bond acceptors (Lipinski definition) is 12. The number of likely N-dealkylation sites (tertiary alicyclic amines) is 2. The van der Waals surface area contributed by atoms with Crippen LogP contribution >= 0.6 is 15.9 Å². The summed E-state index contributed by atoms with van der Waals surface area (Å²) in [5.74, 6) is 0.297. The Kier molecular flexibility index (Phi) is 23.3. The van der Waals surface area contributed by atoms with E-state index in [2.05, 4.69) is 21.2 Å².